The second kappa shape index (κ2) is 5.82. The van der Waals surface area contributed by atoms with E-state index in [1.54, 1.807) is 6.92 Å². The van der Waals surface area contributed by atoms with E-state index < -0.39 is 10.0 Å². The number of sulfonamides is 1. The van der Waals surface area contributed by atoms with Crippen LogP contribution in [-0.2, 0) is 16.4 Å². The number of benzene rings is 1. The van der Waals surface area contributed by atoms with Crippen LogP contribution in [-0.4, -0.2) is 13.4 Å². The molecule has 2 aromatic rings. The fourth-order valence-electron chi connectivity index (χ4n) is 1.80. The smallest absolute Gasteiger partial charge is 0.263 e. The van der Waals surface area contributed by atoms with Gasteiger partial charge in [-0.1, -0.05) is 18.5 Å². The Balaban J connectivity index is 2.38. The first kappa shape index (κ1) is 16.1. The van der Waals surface area contributed by atoms with Crippen LogP contribution in [0.2, 0.25) is 5.02 Å². The van der Waals surface area contributed by atoms with Gasteiger partial charge in [0.2, 0.25) is 0 Å². The fourth-order valence-corrected chi connectivity index (χ4v) is 4.29. The van der Waals surface area contributed by atoms with Crippen molar-refractivity contribution in [1.82, 2.24) is 4.98 Å². The Morgan fingerprint density at radius 2 is 2.05 bits per heavy atom. The first-order valence-electron chi connectivity index (χ1n) is 6.29. The van der Waals surface area contributed by atoms with Crippen molar-refractivity contribution in [3.05, 3.63) is 33.3 Å². The van der Waals surface area contributed by atoms with Gasteiger partial charge >= 0.3 is 0 Å². The fraction of sp³-hybridized carbons (Fsp3) is 0.308. The van der Waals surface area contributed by atoms with Gasteiger partial charge in [-0.05, 0) is 38.0 Å². The lowest BCUT2D eigenvalue weighted by Gasteiger charge is -2.09. The summed E-state index contributed by atoms with van der Waals surface area (Å²) in [6, 6.07) is 2.78. The van der Waals surface area contributed by atoms with E-state index in [1.165, 1.54) is 23.5 Å². The third kappa shape index (κ3) is 3.30. The molecule has 1 heterocycles. The number of hydrogen-bond donors (Lipinski definition) is 2. The van der Waals surface area contributed by atoms with E-state index in [4.69, 9.17) is 17.3 Å². The summed E-state index contributed by atoms with van der Waals surface area (Å²) in [6.07, 6.45) is 0.757. The molecular formula is C13H16ClN3O2S2. The molecule has 0 amide bonds. The maximum absolute atomic E-state index is 12.4. The summed E-state index contributed by atoms with van der Waals surface area (Å²) < 4.78 is 27.2. The van der Waals surface area contributed by atoms with E-state index in [9.17, 15) is 8.42 Å². The van der Waals surface area contributed by atoms with E-state index >= 15 is 0 Å². The quantitative estimate of drug-likeness (QED) is 0.832. The molecule has 0 atom stereocenters. The van der Waals surface area contributed by atoms with E-state index in [1.807, 2.05) is 13.8 Å². The van der Waals surface area contributed by atoms with Crippen LogP contribution in [0.3, 0.4) is 0 Å². The lowest BCUT2D eigenvalue weighted by Crippen LogP contribution is -2.13. The molecule has 0 fully saturated rings. The molecule has 0 radical (unpaired) electrons. The van der Waals surface area contributed by atoms with Gasteiger partial charge in [-0.25, -0.2) is 13.4 Å². The number of anilines is 2. The molecule has 1 aromatic heterocycles. The zero-order valence-corrected chi connectivity index (χ0v) is 14.3. The normalized spacial score (nSPS) is 11.6. The maximum atomic E-state index is 12.4. The number of halogens is 1. The van der Waals surface area contributed by atoms with Crippen molar-refractivity contribution in [2.45, 2.75) is 32.1 Å². The molecule has 0 saturated carbocycles. The van der Waals surface area contributed by atoms with Crippen LogP contribution in [0.5, 0.6) is 0 Å². The van der Waals surface area contributed by atoms with Gasteiger partial charge in [0.25, 0.3) is 10.0 Å². The standard InChI is InChI=1S/C13H16ClN3O2S2/c1-4-12-8(3)20-13(16-12)17-21(18,19)9-5-10(14)7(2)11(15)6-9/h5-6H,4,15H2,1-3H3,(H,16,17). The Hall–Kier alpha value is -1.31. The molecule has 2 rings (SSSR count). The molecule has 8 heteroatoms. The number of nitrogens with one attached hydrogen (secondary N) is 1. The minimum atomic E-state index is -3.75. The highest BCUT2D eigenvalue weighted by Gasteiger charge is 2.19. The maximum Gasteiger partial charge on any atom is 0.263 e. The van der Waals surface area contributed by atoms with Crippen molar-refractivity contribution in [3.8, 4) is 0 Å². The first-order chi connectivity index (χ1) is 9.74. The van der Waals surface area contributed by atoms with Gasteiger partial charge in [-0.2, -0.15) is 0 Å². The summed E-state index contributed by atoms with van der Waals surface area (Å²) >= 11 is 7.30. The number of aromatic nitrogens is 1. The molecule has 0 spiro atoms. The van der Waals surface area contributed by atoms with Crippen LogP contribution in [0.4, 0.5) is 10.8 Å². The highest BCUT2D eigenvalue weighted by Crippen LogP contribution is 2.29. The average molecular weight is 346 g/mol. The van der Waals surface area contributed by atoms with Crippen molar-refractivity contribution >= 4 is 43.8 Å². The van der Waals surface area contributed by atoms with Gasteiger partial charge < -0.3 is 5.73 Å². The molecule has 0 aliphatic rings. The van der Waals surface area contributed by atoms with Gasteiger partial charge in [0, 0.05) is 15.6 Å². The van der Waals surface area contributed by atoms with Crippen molar-refractivity contribution in [1.29, 1.82) is 0 Å². The molecule has 0 saturated heterocycles. The number of thiazole rings is 1. The number of rotatable bonds is 4. The Morgan fingerprint density at radius 1 is 1.38 bits per heavy atom. The Labute approximate surface area is 133 Å². The summed E-state index contributed by atoms with van der Waals surface area (Å²) in [5.41, 5.74) is 7.66. The largest absolute Gasteiger partial charge is 0.398 e. The lowest BCUT2D eigenvalue weighted by molar-refractivity contribution is 0.601. The summed E-state index contributed by atoms with van der Waals surface area (Å²) in [5, 5.41) is 0.666. The van der Waals surface area contributed by atoms with E-state index in [-0.39, 0.29) is 4.90 Å². The second-order valence-electron chi connectivity index (χ2n) is 4.60. The third-order valence-electron chi connectivity index (χ3n) is 3.12. The SMILES string of the molecule is CCc1nc(NS(=O)(=O)c2cc(N)c(C)c(Cl)c2)sc1C. The Bertz CT molecular complexity index is 762. The molecule has 5 nitrogen and oxygen atoms in total. The Morgan fingerprint density at radius 3 is 2.57 bits per heavy atom. The molecule has 0 bridgehead atoms. The van der Waals surface area contributed by atoms with Gasteiger partial charge in [-0.15, -0.1) is 11.3 Å². The molecule has 0 aliphatic carbocycles. The van der Waals surface area contributed by atoms with Crippen molar-refractivity contribution in [2.24, 2.45) is 0 Å². The molecule has 1 aromatic carbocycles. The minimum absolute atomic E-state index is 0.0292. The molecule has 0 aliphatic heterocycles. The van der Waals surface area contributed by atoms with Gasteiger partial charge in [0.05, 0.1) is 10.6 Å². The monoisotopic (exact) mass is 345 g/mol. The van der Waals surface area contributed by atoms with Crippen LogP contribution in [0, 0.1) is 13.8 Å². The average Bonchev–Trinajstić information content (AvgIpc) is 2.74. The molecule has 21 heavy (non-hydrogen) atoms. The van der Waals surface area contributed by atoms with Crippen LogP contribution in [0.25, 0.3) is 0 Å². The number of nitrogens with two attached hydrogens (primary N) is 1. The second-order valence-corrected chi connectivity index (χ2v) is 7.89. The van der Waals surface area contributed by atoms with Gasteiger partial charge in [-0.3, -0.25) is 4.72 Å². The minimum Gasteiger partial charge on any atom is -0.398 e. The zero-order valence-electron chi connectivity index (χ0n) is 11.9. The highest BCUT2D eigenvalue weighted by atomic mass is 35.5. The topological polar surface area (TPSA) is 85.1 Å². The predicted octanol–water partition coefficient (Wildman–Crippen LogP) is 3.36. The number of nitrogens with zero attached hydrogens (tertiary/aromatic N) is 1. The van der Waals surface area contributed by atoms with Crippen LogP contribution < -0.4 is 10.5 Å². The van der Waals surface area contributed by atoms with Crippen molar-refractivity contribution in [3.63, 3.8) is 0 Å². The number of aryl methyl sites for hydroxylation is 2. The van der Waals surface area contributed by atoms with Gasteiger partial charge in [0.15, 0.2) is 5.13 Å². The highest BCUT2D eigenvalue weighted by molar-refractivity contribution is 7.93. The summed E-state index contributed by atoms with van der Waals surface area (Å²) in [4.78, 5) is 5.29. The van der Waals surface area contributed by atoms with E-state index in [0.717, 1.165) is 17.0 Å². The first-order valence-corrected chi connectivity index (χ1v) is 8.97. The van der Waals surface area contributed by atoms with E-state index in [2.05, 4.69) is 9.71 Å². The van der Waals surface area contributed by atoms with Crippen LogP contribution in [0.15, 0.2) is 17.0 Å². The van der Waals surface area contributed by atoms with Crippen molar-refractivity contribution in [2.75, 3.05) is 10.5 Å². The summed E-state index contributed by atoms with van der Waals surface area (Å²) in [7, 11) is -3.75. The Kier molecular flexibility index (Phi) is 4.46. The third-order valence-corrected chi connectivity index (χ3v) is 5.89. The van der Waals surface area contributed by atoms with Crippen LogP contribution in [0.1, 0.15) is 23.1 Å². The zero-order chi connectivity index (χ0) is 15.8. The van der Waals surface area contributed by atoms with Gasteiger partial charge in [0.1, 0.15) is 0 Å². The predicted molar refractivity (Wildman–Crippen MR) is 87.6 cm³/mol. The number of hydrogen-bond acceptors (Lipinski definition) is 5. The molecule has 0 unspecified atom stereocenters. The number of nitrogen functional groups attached to an aromatic ring is 1. The summed E-state index contributed by atoms with van der Waals surface area (Å²) in [5.74, 6) is 0. The molecule has 114 valence electrons. The molecular weight excluding hydrogens is 330 g/mol. The molecule has 3 N–H and O–H groups in total. The van der Waals surface area contributed by atoms with Crippen molar-refractivity contribution < 1.29 is 8.42 Å². The lowest BCUT2D eigenvalue weighted by atomic mass is 10.2. The van der Waals surface area contributed by atoms with Crippen LogP contribution >= 0.6 is 22.9 Å². The summed E-state index contributed by atoms with van der Waals surface area (Å²) in [6.45, 7) is 5.62. The van der Waals surface area contributed by atoms with E-state index in [0.29, 0.717) is 21.4 Å².